The molecule has 0 spiro atoms. The van der Waals surface area contributed by atoms with E-state index in [4.69, 9.17) is 0 Å². The number of non-ortho nitro benzene ring substituents is 1. The third-order valence-corrected chi connectivity index (χ3v) is 1.90. The minimum Gasteiger partial charge on any atom is -0.450 e. The quantitative estimate of drug-likeness (QED) is 0.657. The van der Waals surface area contributed by atoms with Crippen molar-refractivity contribution in [1.82, 2.24) is 0 Å². The second kappa shape index (κ2) is 5.57. The van der Waals surface area contributed by atoms with Crippen molar-refractivity contribution in [3.63, 3.8) is 0 Å². The van der Waals surface area contributed by atoms with Crippen LogP contribution in [0, 0.1) is 20.2 Å². The average Bonchev–Trinajstić information content (AvgIpc) is 2.29. The number of carbonyl (C=O) groups excluding carboxylic acids is 1. The number of hydrogen-bond acceptors (Lipinski definition) is 6. The van der Waals surface area contributed by atoms with Crippen LogP contribution >= 0.6 is 0 Å². The van der Waals surface area contributed by atoms with Crippen LogP contribution in [0.15, 0.2) is 18.2 Å². The van der Waals surface area contributed by atoms with Crippen molar-refractivity contribution in [2.24, 2.45) is 0 Å². The molecule has 1 aromatic rings. The summed E-state index contributed by atoms with van der Waals surface area (Å²) in [5, 5.41) is 23.3. The Bertz CT molecular complexity index is 501. The number of hydrogen-bond donors (Lipinski definition) is 1. The largest absolute Gasteiger partial charge is 0.450 e. The van der Waals surface area contributed by atoms with Crippen LogP contribution in [0.4, 0.5) is 21.9 Å². The molecule has 1 aromatic carbocycles. The zero-order valence-electron chi connectivity index (χ0n) is 9.28. The Morgan fingerprint density at radius 2 is 2.00 bits per heavy atom. The van der Waals surface area contributed by atoms with E-state index in [0.717, 1.165) is 18.2 Å². The Balaban J connectivity index is 3.08. The van der Waals surface area contributed by atoms with Gasteiger partial charge in [-0.2, -0.15) is 0 Å². The lowest BCUT2D eigenvalue weighted by molar-refractivity contribution is -0.393. The van der Waals surface area contributed by atoms with Crippen LogP contribution in [0.1, 0.15) is 6.92 Å². The van der Waals surface area contributed by atoms with Gasteiger partial charge in [0.05, 0.1) is 22.5 Å². The molecule has 0 saturated heterocycles. The van der Waals surface area contributed by atoms with Gasteiger partial charge in [0.2, 0.25) is 0 Å². The first-order valence-electron chi connectivity index (χ1n) is 4.82. The van der Waals surface area contributed by atoms with E-state index in [-0.39, 0.29) is 12.3 Å². The molecule has 1 N–H and O–H groups in total. The maximum absolute atomic E-state index is 11.1. The molecule has 9 nitrogen and oxygen atoms in total. The SMILES string of the molecule is CCOC(=O)N[14c]1[14cH][14cH][14c]([N+](=O)[O-])[14cH][14c]1[N+](=O)[O-]. The number of carbonyl (C=O) groups is 1. The fourth-order valence-electron chi connectivity index (χ4n) is 1.17. The summed E-state index contributed by atoms with van der Waals surface area (Å²) in [6, 6.07) is 2.89. The molecule has 1 amide bonds. The topological polar surface area (TPSA) is 125 Å². The van der Waals surface area contributed by atoms with Crippen LogP contribution in [-0.4, -0.2) is 22.5 Å². The molecule has 96 valence electrons. The molecule has 0 fully saturated rings. The number of anilines is 1. The molecule has 0 bridgehead atoms. The first-order chi connectivity index (χ1) is 8.45. The van der Waals surface area contributed by atoms with Gasteiger partial charge in [-0.3, -0.25) is 25.5 Å². The number of nitrogens with zero attached hydrogens (tertiary/aromatic N) is 2. The summed E-state index contributed by atoms with van der Waals surface area (Å²) in [6.45, 7) is 1.68. The van der Waals surface area contributed by atoms with Gasteiger partial charge in [-0.25, -0.2) is 4.79 Å². The summed E-state index contributed by atoms with van der Waals surface area (Å²) in [4.78, 5) is 30.7. The van der Waals surface area contributed by atoms with Crippen LogP contribution in [-0.2, 0) is 4.74 Å². The third kappa shape index (κ3) is 3.14. The standard InChI is InChI=1S/C9H9N3O6/c1-2-18-9(13)10-7-4-3-6(11(14)15)5-8(7)12(16)17/h3-5H,2H2,1H3,(H,10,13)/i3+2,4+2,5+2,6+2,7+2,8+2. The van der Waals surface area contributed by atoms with E-state index in [9.17, 15) is 25.0 Å². The van der Waals surface area contributed by atoms with E-state index in [1.807, 2.05) is 0 Å². The summed E-state index contributed by atoms with van der Waals surface area (Å²) in [6.07, 6.45) is -0.866. The zero-order valence-corrected chi connectivity index (χ0v) is 9.28. The van der Waals surface area contributed by atoms with Crippen molar-refractivity contribution in [1.29, 1.82) is 0 Å². The number of amides is 1. The van der Waals surface area contributed by atoms with E-state index in [0.29, 0.717) is 0 Å². The van der Waals surface area contributed by atoms with Crippen molar-refractivity contribution in [3.05, 3.63) is 38.4 Å². The monoisotopic (exact) mass is 267 g/mol. The summed E-state index contributed by atoms with van der Waals surface area (Å²) < 4.78 is 4.55. The van der Waals surface area contributed by atoms with Gasteiger partial charge in [-0.15, -0.1) is 0 Å². The van der Waals surface area contributed by atoms with Gasteiger partial charge in [0.25, 0.3) is 11.4 Å². The van der Waals surface area contributed by atoms with Gasteiger partial charge >= 0.3 is 6.09 Å². The van der Waals surface area contributed by atoms with Crippen molar-refractivity contribution < 1.29 is 19.4 Å². The first kappa shape index (κ1) is 13.4. The number of nitro benzene ring substituents is 2. The molecule has 0 radical (unpaired) electrons. The Kier molecular flexibility index (Phi) is 4.13. The lowest BCUT2D eigenvalue weighted by Crippen LogP contribution is -2.14. The number of ether oxygens (including phenoxy) is 1. The Morgan fingerprint density at radius 1 is 1.33 bits per heavy atom. The molecule has 0 aliphatic rings. The van der Waals surface area contributed by atoms with Crippen molar-refractivity contribution in [2.75, 3.05) is 11.9 Å². The molecule has 1 rings (SSSR count). The molecule has 0 unspecified atom stereocenters. The minimum absolute atomic E-state index is 0.104. The van der Waals surface area contributed by atoms with Crippen molar-refractivity contribution in [3.8, 4) is 0 Å². The zero-order chi connectivity index (χ0) is 13.7. The predicted octanol–water partition coefficient (Wildman–Crippen LogP) is 2.07. The van der Waals surface area contributed by atoms with Gasteiger partial charge in [0.1, 0.15) is 5.69 Å². The van der Waals surface area contributed by atoms with E-state index in [1.54, 1.807) is 6.92 Å². The molecule has 0 atom stereocenters. The maximum Gasteiger partial charge on any atom is 0.411 e. The molecule has 0 aliphatic heterocycles. The molecule has 0 aromatic heterocycles. The summed E-state index contributed by atoms with van der Waals surface area (Å²) in [7, 11) is 0. The second-order valence-corrected chi connectivity index (χ2v) is 3.06. The van der Waals surface area contributed by atoms with Crippen molar-refractivity contribution >= 4 is 23.2 Å². The summed E-state index contributed by atoms with van der Waals surface area (Å²) in [5.74, 6) is 0. The summed E-state index contributed by atoms with van der Waals surface area (Å²) >= 11 is 0. The van der Waals surface area contributed by atoms with Gasteiger partial charge in [0, 0.05) is 6.07 Å². The molecule has 9 heteroatoms. The van der Waals surface area contributed by atoms with Crippen LogP contribution < -0.4 is 5.32 Å². The van der Waals surface area contributed by atoms with Crippen LogP contribution in [0.25, 0.3) is 0 Å². The number of nitrogens with one attached hydrogen (secondary N) is 1. The molecule has 0 aliphatic carbocycles. The highest BCUT2D eigenvalue weighted by Crippen LogP contribution is 2.28. The van der Waals surface area contributed by atoms with E-state index in [2.05, 4.69) is 10.1 Å². The van der Waals surface area contributed by atoms with E-state index >= 15 is 0 Å². The fourth-order valence-corrected chi connectivity index (χ4v) is 1.17. The minimum atomic E-state index is -0.866. The van der Waals surface area contributed by atoms with Gasteiger partial charge in [-0.05, 0) is 13.0 Å². The van der Waals surface area contributed by atoms with Crippen molar-refractivity contribution in [2.45, 2.75) is 6.92 Å². The summed E-state index contributed by atoms with van der Waals surface area (Å²) in [5.41, 5.74) is -1.17. The third-order valence-electron chi connectivity index (χ3n) is 1.90. The maximum atomic E-state index is 11.1. The Morgan fingerprint density at radius 3 is 2.50 bits per heavy atom. The Labute approximate surface area is 101 Å². The number of rotatable bonds is 4. The van der Waals surface area contributed by atoms with Crippen LogP contribution in [0.5, 0.6) is 0 Å². The predicted molar refractivity (Wildman–Crippen MR) is 60.4 cm³/mol. The lowest BCUT2D eigenvalue weighted by Gasteiger charge is -2.05. The molecular weight excluding hydrogens is 258 g/mol. The number of nitro groups is 2. The van der Waals surface area contributed by atoms with Gasteiger partial charge in [0.15, 0.2) is 0 Å². The van der Waals surface area contributed by atoms with Gasteiger partial charge in [-0.1, -0.05) is 0 Å². The number of benzene rings is 1. The fraction of sp³-hybridized carbons (Fsp3) is 0.222. The van der Waals surface area contributed by atoms with Gasteiger partial charge < -0.3 is 4.74 Å². The highest BCUT2D eigenvalue weighted by molar-refractivity contribution is 5.88. The molecule has 0 heterocycles. The van der Waals surface area contributed by atoms with E-state index < -0.39 is 27.3 Å². The Hall–Kier alpha value is -2.71. The highest BCUT2D eigenvalue weighted by atomic mass is 16.7. The molecule has 18 heavy (non-hydrogen) atoms. The van der Waals surface area contributed by atoms with E-state index in [1.165, 1.54) is 0 Å². The lowest BCUT2D eigenvalue weighted by atomic mass is 10.9. The average molecular weight is 267 g/mol. The first-order valence-corrected chi connectivity index (χ1v) is 4.82. The molecule has 0 saturated carbocycles. The van der Waals surface area contributed by atoms with Crippen LogP contribution in [0.3, 0.4) is 0 Å². The smallest absolute Gasteiger partial charge is 0.411 e. The molecular formula is C9H9N3O6. The second-order valence-electron chi connectivity index (χ2n) is 3.06. The normalized spacial score (nSPS) is 9.61. The van der Waals surface area contributed by atoms with Crippen LogP contribution in [0.2, 0.25) is 0 Å². The highest BCUT2D eigenvalue weighted by Gasteiger charge is 2.20.